The molecule has 0 aliphatic rings. The number of phosphoric ester groups is 1. The molecule has 0 spiro atoms. The van der Waals surface area contributed by atoms with Crippen molar-refractivity contribution in [3.05, 3.63) is 36.5 Å². The lowest BCUT2D eigenvalue weighted by Gasteiger charge is -2.06. The summed E-state index contributed by atoms with van der Waals surface area (Å²) < 4.78 is 13.6. The van der Waals surface area contributed by atoms with E-state index in [9.17, 15) is 9.36 Å². The predicted molar refractivity (Wildman–Crippen MR) is 69.9 cm³/mol. The van der Waals surface area contributed by atoms with Gasteiger partial charge in [-0.2, -0.15) is 0 Å². The van der Waals surface area contributed by atoms with Crippen LogP contribution in [0.1, 0.15) is 0 Å². The highest BCUT2D eigenvalue weighted by molar-refractivity contribution is 7.46. The summed E-state index contributed by atoms with van der Waals surface area (Å²) in [6.07, 6.45) is 0.0348. The molecule has 0 amide bonds. The van der Waals surface area contributed by atoms with Crippen molar-refractivity contribution >= 4 is 24.7 Å². The van der Waals surface area contributed by atoms with Crippen LogP contribution in [0.25, 0.3) is 10.9 Å². The van der Waals surface area contributed by atoms with Gasteiger partial charge in [-0.3, -0.25) is 4.52 Å². The Morgan fingerprint density at radius 3 is 2.50 bits per heavy atom. The quantitative estimate of drug-likeness (QED) is 0.524. The Kier molecular flexibility index (Phi) is 5.87. The summed E-state index contributed by atoms with van der Waals surface area (Å²) in [6.45, 7) is -0.931. The molecule has 0 radical (unpaired) electrons. The van der Waals surface area contributed by atoms with Crippen LogP contribution in [0.3, 0.4) is 0 Å². The number of fused-ring (bicyclic) bond motifs is 1. The number of phosphoric acid groups is 1. The largest absolute Gasteiger partial charge is 0.479 e. The van der Waals surface area contributed by atoms with Gasteiger partial charge in [-0.15, -0.1) is 0 Å². The van der Waals surface area contributed by atoms with E-state index < -0.39 is 26.5 Å². The van der Waals surface area contributed by atoms with Gasteiger partial charge in [-0.25, -0.2) is 9.36 Å². The van der Waals surface area contributed by atoms with Crippen molar-refractivity contribution in [2.24, 2.45) is 0 Å². The van der Waals surface area contributed by atoms with Gasteiger partial charge in [0, 0.05) is 11.7 Å². The molecule has 20 heavy (non-hydrogen) atoms. The number of aromatic amines is 1. The van der Waals surface area contributed by atoms with Crippen LogP contribution in [0.15, 0.2) is 36.5 Å². The molecule has 1 aromatic carbocycles. The monoisotopic (exact) mass is 303 g/mol. The van der Waals surface area contributed by atoms with Gasteiger partial charge in [0.2, 0.25) is 0 Å². The average molecular weight is 303 g/mol. The third kappa shape index (κ3) is 5.96. The Hall–Kier alpha value is -1.70. The van der Waals surface area contributed by atoms with E-state index in [1.54, 1.807) is 0 Å². The van der Waals surface area contributed by atoms with E-state index in [1.165, 1.54) is 10.9 Å². The second kappa shape index (κ2) is 7.18. The van der Waals surface area contributed by atoms with Crippen molar-refractivity contribution in [1.29, 1.82) is 0 Å². The third-order valence-electron chi connectivity index (χ3n) is 2.15. The van der Waals surface area contributed by atoms with Gasteiger partial charge in [0.25, 0.3) is 0 Å². The van der Waals surface area contributed by atoms with Gasteiger partial charge < -0.3 is 25.0 Å². The molecule has 1 atom stereocenters. The van der Waals surface area contributed by atoms with Crippen LogP contribution >= 0.6 is 7.82 Å². The number of H-pyrrole nitrogens is 1. The molecule has 8 nitrogen and oxygen atoms in total. The number of para-hydroxylation sites is 1. The number of aromatic nitrogens is 1. The van der Waals surface area contributed by atoms with Gasteiger partial charge in [-0.1, -0.05) is 18.2 Å². The molecule has 5 N–H and O–H groups in total. The maximum absolute atomic E-state index is 9.93. The standard InChI is InChI=1S/C8H7N.C3H7O7P/c1-2-4-8-7(3-1)5-6-9-8;4-2(3(5)6)1-10-11(7,8)9/h1-6,9H;2,4H,1H2,(H,5,6)(H2,7,8,9). The molecular formula is C11H14NO7P. The molecule has 2 aromatic rings. The van der Waals surface area contributed by atoms with Gasteiger partial charge in [-0.05, 0) is 17.5 Å². The Morgan fingerprint density at radius 2 is 1.95 bits per heavy atom. The van der Waals surface area contributed by atoms with Crippen LogP contribution in [0.2, 0.25) is 0 Å². The molecule has 0 aliphatic heterocycles. The molecule has 110 valence electrons. The zero-order valence-electron chi connectivity index (χ0n) is 10.2. The molecule has 1 heterocycles. The number of rotatable bonds is 4. The van der Waals surface area contributed by atoms with Crippen LogP contribution < -0.4 is 0 Å². The number of hydrogen-bond donors (Lipinski definition) is 5. The minimum absolute atomic E-state index is 0.931. The zero-order chi connectivity index (χ0) is 15.2. The molecule has 0 bridgehead atoms. The molecule has 0 saturated carbocycles. The predicted octanol–water partition coefficient (Wildman–Crippen LogP) is 0.709. The molecular weight excluding hydrogens is 289 g/mol. The van der Waals surface area contributed by atoms with E-state index >= 15 is 0 Å². The van der Waals surface area contributed by atoms with Gasteiger partial charge >= 0.3 is 13.8 Å². The summed E-state index contributed by atoms with van der Waals surface area (Å²) in [5, 5.41) is 17.7. The minimum atomic E-state index is -4.68. The first-order valence-electron chi connectivity index (χ1n) is 5.42. The van der Waals surface area contributed by atoms with Gasteiger partial charge in [0.1, 0.15) is 0 Å². The number of aliphatic hydroxyl groups is 1. The van der Waals surface area contributed by atoms with Crippen molar-refractivity contribution in [3.8, 4) is 0 Å². The highest BCUT2D eigenvalue weighted by Gasteiger charge is 2.20. The number of carbonyl (C=O) groups is 1. The second-order valence-electron chi connectivity index (χ2n) is 3.71. The summed E-state index contributed by atoms with van der Waals surface area (Å²) >= 11 is 0. The summed E-state index contributed by atoms with van der Waals surface area (Å²) in [6, 6.07) is 10.3. The van der Waals surface area contributed by atoms with E-state index in [4.69, 9.17) is 20.0 Å². The Morgan fingerprint density at radius 1 is 1.30 bits per heavy atom. The van der Waals surface area contributed by atoms with Crippen LogP contribution in [-0.2, 0) is 13.9 Å². The number of aliphatic carboxylic acids is 1. The fourth-order valence-corrected chi connectivity index (χ4v) is 1.57. The van der Waals surface area contributed by atoms with Crippen LogP contribution in [-0.4, -0.2) is 43.7 Å². The fraction of sp³-hybridized carbons (Fsp3) is 0.182. The van der Waals surface area contributed by atoms with Gasteiger partial charge in [0.15, 0.2) is 6.10 Å². The highest BCUT2D eigenvalue weighted by Crippen LogP contribution is 2.35. The molecule has 1 unspecified atom stereocenters. The van der Waals surface area contributed by atoms with E-state index in [0.29, 0.717) is 0 Å². The topological polar surface area (TPSA) is 140 Å². The van der Waals surface area contributed by atoms with Crippen molar-refractivity contribution in [1.82, 2.24) is 4.98 Å². The number of hydrogen-bond acceptors (Lipinski definition) is 4. The van der Waals surface area contributed by atoms with Crippen molar-refractivity contribution < 1.29 is 33.9 Å². The first-order chi connectivity index (χ1) is 9.29. The lowest BCUT2D eigenvalue weighted by Crippen LogP contribution is -2.24. The maximum Gasteiger partial charge on any atom is 0.469 e. The SMILES string of the molecule is O=C(O)C(O)COP(=O)(O)O.c1ccc2[nH]ccc2c1. The van der Waals surface area contributed by atoms with E-state index in [2.05, 4.69) is 27.7 Å². The van der Waals surface area contributed by atoms with Crippen molar-refractivity contribution in [2.45, 2.75) is 6.10 Å². The fourth-order valence-electron chi connectivity index (χ4n) is 1.23. The second-order valence-corrected chi connectivity index (χ2v) is 4.94. The smallest absolute Gasteiger partial charge is 0.469 e. The summed E-state index contributed by atoms with van der Waals surface area (Å²) in [5.74, 6) is -1.60. The van der Waals surface area contributed by atoms with E-state index in [0.717, 1.165) is 0 Å². The van der Waals surface area contributed by atoms with Crippen molar-refractivity contribution in [3.63, 3.8) is 0 Å². The zero-order valence-corrected chi connectivity index (χ0v) is 11.1. The number of carboxylic acids is 1. The van der Waals surface area contributed by atoms with E-state index in [1.807, 2.05) is 18.3 Å². The lowest BCUT2D eigenvalue weighted by molar-refractivity contribution is -0.148. The van der Waals surface area contributed by atoms with E-state index in [-0.39, 0.29) is 0 Å². The molecule has 0 fully saturated rings. The van der Waals surface area contributed by atoms with Crippen LogP contribution in [0.5, 0.6) is 0 Å². The first-order valence-corrected chi connectivity index (χ1v) is 6.96. The Labute approximate surface area is 113 Å². The Bertz CT molecular complexity index is 575. The number of aliphatic hydroxyl groups excluding tert-OH is 1. The molecule has 1 aromatic heterocycles. The van der Waals surface area contributed by atoms with Crippen LogP contribution in [0, 0.1) is 0 Å². The minimum Gasteiger partial charge on any atom is -0.479 e. The number of carboxylic acid groups (broad SMARTS) is 1. The number of benzene rings is 1. The highest BCUT2D eigenvalue weighted by atomic mass is 31.2. The third-order valence-corrected chi connectivity index (χ3v) is 2.63. The summed E-state index contributed by atoms with van der Waals surface area (Å²) in [4.78, 5) is 29.0. The molecule has 0 saturated heterocycles. The molecule has 2 rings (SSSR count). The molecule has 9 heteroatoms. The first kappa shape index (κ1) is 16.4. The van der Waals surface area contributed by atoms with Gasteiger partial charge in [0.05, 0.1) is 6.61 Å². The lowest BCUT2D eigenvalue weighted by atomic mass is 10.3. The maximum atomic E-state index is 9.93. The van der Waals surface area contributed by atoms with Crippen molar-refractivity contribution in [2.75, 3.05) is 6.61 Å². The van der Waals surface area contributed by atoms with Crippen LogP contribution in [0.4, 0.5) is 0 Å². The number of nitrogens with one attached hydrogen (secondary N) is 1. The average Bonchev–Trinajstić information content (AvgIpc) is 2.83. The summed E-state index contributed by atoms with van der Waals surface area (Å²) in [5.41, 5.74) is 1.21. The molecule has 0 aliphatic carbocycles. The normalized spacial score (nSPS) is 12.6. The Balaban J connectivity index is 0.000000202. The summed E-state index contributed by atoms with van der Waals surface area (Å²) in [7, 11) is -4.68.